The van der Waals surface area contributed by atoms with Crippen LogP contribution >= 0.6 is 11.6 Å². The average Bonchev–Trinajstić information content (AvgIpc) is 2.77. The van der Waals surface area contributed by atoms with Crippen LogP contribution in [0.3, 0.4) is 0 Å². The third-order valence-corrected chi connectivity index (χ3v) is 5.22. The lowest BCUT2D eigenvalue weighted by Crippen LogP contribution is -2.49. The van der Waals surface area contributed by atoms with E-state index in [0.29, 0.717) is 48.4 Å². The van der Waals surface area contributed by atoms with Gasteiger partial charge in [-0.15, -0.1) is 0 Å². The van der Waals surface area contributed by atoms with Crippen molar-refractivity contribution in [2.75, 3.05) is 31.1 Å². The van der Waals surface area contributed by atoms with Gasteiger partial charge in [0.05, 0.1) is 5.02 Å². The summed E-state index contributed by atoms with van der Waals surface area (Å²) in [5.74, 6) is 1.20. The van der Waals surface area contributed by atoms with Gasteiger partial charge in [0.25, 0.3) is 5.91 Å². The van der Waals surface area contributed by atoms with Crippen molar-refractivity contribution in [2.45, 2.75) is 6.92 Å². The number of aryl methyl sites for hydroxylation is 1. The van der Waals surface area contributed by atoms with Gasteiger partial charge in [-0.1, -0.05) is 17.7 Å². The first-order valence-corrected chi connectivity index (χ1v) is 9.93. The first-order valence-electron chi connectivity index (χ1n) is 9.55. The van der Waals surface area contributed by atoms with Crippen molar-refractivity contribution in [1.29, 1.82) is 0 Å². The van der Waals surface area contributed by atoms with Crippen LogP contribution in [-0.2, 0) is 0 Å². The molecule has 1 aliphatic rings. The molecule has 1 aliphatic heterocycles. The third kappa shape index (κ3) is 4.52. The van der Waals surface area contributed by atoms with Crippen LogP contribution in [0.5, 0.6) is 11.6 Å². The average molecular weight is 427 g/mol. The molecule has 1 saturated heterocycles. The standard InChI is InChI=1S/C22H20ClFN4O2/c1-15-2-7-18(23)19(12-15)30-21-13-20(25-14-26-21)27-8-10-28(11-9-27)22(29)16-3-5-17(24)6-4-16/h2-7,12-14H,8-11H2,1H3. The zero-order chi connectivity index (χ0) is 21.1. The van der Waals surface area contributed by atoms with Crippen LogP contribution in [0.15, 0.2) is 54.9 Å². The summed E-state index contributed by atoms with van der Waals surface area (Å²) < 4.78 is 18.9. The number of carbonyl (C=O) groups is 1. The van der Waals surface area contributed by atoms with Gasteiger partial charge in [-0.25, -0.2) is 14.4 Å². The molecule has 6 nitrogen and oxygen atoms in total. The fourth-order valence-corrected chi connectivity index (χ4v) is 3.43. The van der Waals surface area contributed by atoms with Crippen molar-refractivity contribution in [2.24, 2.45) is 0 Å². The first-order chi connectivity index (χ1) is 14.5. The number of hydrogen-bond acceptors (Lipinski definition) is 5. The predicted molar refractivity (Wildman–Crippen MR) is 113 cm³/mol. The largest absolute Gasteiger partial charge is 0.437 e. The van der Waals surface area contributed by atoms with Crippen molar-refractivity contribution in [3.8, 4) is 11.6 Å². The van der Waals surface area contributed by atoms with Crippen LogP contribution in [0.4, 0.5) is 10.2 Å². The molecule has 0 aliphatic carbocycles. The first kappa shape index (κ1) is 20.1. The van der Waals surface area contributed by atoms with E-state index in [1.54, 1.807) is 17.0 Å². The van der Waals surface area contributed by atoms with Gasteiger partial charge in [-0.2, -0.15) is 0 Å². The topological polar surface area (TPSA) is 58.6 Å². The second kappa shape index (κ2) is 8.67. The number of piperazine rings is 1. The summed E-state index contributed by atoms with van der Waals surface area (Å²) >= 11 is 6.20. The second-order valence-electron chi connectivity index (χ2n) is 7.04. The molecule has 0 atom stereocenters. The van der Waals surface area contributed by atoms with Gasteiger partial charge >= 0.3 is 0 Å². The number of carbonyl (C=O) groups excluding carboxylic acids is 1. The number of benzene rings is 2. The highest BCUT2D eigenvalue weighted by Gasteiger charge is 2.23. The maximum absolute atomic E-state index is 13.1. The molecule has 154 valence electrons. The van der Waals surface area contributed by atoms with E-state index in [0.717, 1.165) is 11.4 Å². The fraction of sp³-hybridized carbons (Fsp3) is 0.227. The molecule has 2 aromatic carbocycles. The molecule has 0 bridgehead atoms. The Hall–Kier alpha value is -3.19. The minimum atomic E-state index is -0.356. The maximum atomic E-state index is 13.1. The molecule has 8 heteroatoms. The Morgan fingerprint density at radius 3 is 2.50 bits per heavy atom. The molecule has 1 amide bonds. The number of amides is 1. The smallest absolute Gasteiger partial charge is 0.253 e. The van der Waals surface area contributed by atoms with E-state index in [2.05, 4.69) is 14.9 Å². The molecule has 30 heavy (non-hydrogen) atoms. The van der Waals surface area contributed by atoms with E-state index in [1.807, 2.05) is 19.1 Å². The SMILES string of the molecule is Cc1ccc(Cl)c(Oc2cc(N3CCN(C(=O)c4ccc(F)cc4)CC3)ncn2)c1. The van der Waals surface area contributed by atoms with Crippen molar-refractivity contribution in [1.82, 2.24) is 14.9 Å². The predicted octanol–water partition coefficient (Wildman–Crippen LogP) is 4.33. The number of hydrogen-bond donors (Lipinski definition) is 0. The van der Waals surface area contributed by atoms with Gasteiger partial charge in [0.2, 0.25) is 5.88 Å². The second-order valence-corrected chi connectivity index (χ2v) is 7.44. The van der Waals surface area contributed by atoms with Crippen LogP contribution in [-0.4, -0.2) is 47.0 Å². The third-order valence-electron chi connectivity index (χ3n) is 4.91. The lowest BCUT2D eigenvalue weighted by molar-refractivity contribution is 0.0746. The van der Waals surface area contributed by atoms with E-state index in [-0.39, 0.29) is 11.7 Å². The maximum Gasteiger partial charge on any atom is 0.253 e. The number of halogens is 2. The Morgan fingerprint density at radius 1 is 1.03 bits per heavy atom. The highest BCUT2D eigenvalue weighted by atomic mass is 35.5. The molecule has 2 heterocycles. The fourth-order valence-electron chi connectivity index (χ4n) is 3.27. The summed E-state index contributed by atoms with van der Waals surface area (Å²) in [5.41, 5.74) is 1.52. The molecular weight excluding hydrogens is 407 g/mol. The number of rotatable bonds is 4. The van der Waals surface area contributed by atoms with Gasteiger partial charge in [-0.3, -0.25) is 4.79 Å². The molecule has 0 N–H and O–H groups in total. The van der Waals surface area contributed by atoms with Gasteiger partial charge in [0.15, 0.2) is 0 Å². The van der Waals surface area contributed by atoms with E-state index >= 15 is 0 Å². The highest BCUT2D eigenvalue weighted by Crippen LogP contribution is 2.30. The molecular formula is C22H20ClFN4O2. The van der Waals surface area contributed by atoms with Crippen molar-refractivity contribution >= 4 is 23.3 Å². The Kier molecular flexibility index (Phi) is 5.81. The molecule has 1 aromatic heterocycles. The lowest BCUT2D eigenvalue weighted by Gasteiger charge is -2.35. The Balaban J connectivity index is 1.41. The number of anilines is 1. The summed E-state index contributed by atoms with van der Waals surface area (Å²) in [4.78, 5) is 24.9. The normalized spacial score (nSPS) is 14.0. The van der Waals surface area contributed by atoms with Crippen LogP contribution < -0.4 is 9.64 Å². The Bertz CT molecular complexity index is 1050. The molecule has 4 rings (SSSR count). The number of ether oxygens (including phenoxy) is 1. The van der Waals surface area contributed by atoms with Gasteiger partial charge in [0, 0.05) is 37.8 Å². The summed E-state index contributed by atoms with van der Waals surface area (Å²) in [6, 6.07) is 12.9. The monoisotopic (exact) mass is 426 g/mol. The molecule has 0 spiro atoms. The molecule has 1 fully saturated rings. The molecule has 0 saturated carbocycles. The van der Waals surface area contributed by atoms with Gasteiger partial charge in [0.1, 0.15) is 23.7 Å². The summed E-state index contributed by atoms with van der Waals surface area (Å²) in [7, 11) is 0. The quantitative estimate of drug-likeness (QED) is 0.621. The molecule has 3 aromatic rings. The summed E-state index contributed by atoms with van der Waals surface area (Å²) in [6.07, 6.45) is 1.45. The highest BCUT2D eigenvalue weighted by molar-refractivity contribution is 6.32. The van der Waals surface area contributed by atoms with E-state index in [9.17, 15) is 9.18 Å². The Morgan fingerprint density at radius 2 is 1.77 bits per heavy atom. The Labute approximate surface area is 178 Å². The van der Waals surface area contributed by atoms with Crippen LogP contribution in [0.1, 0.15) is 15.9 Å². The van der Waals surface area contributed by atoms with E-state index < -0.39 is 0 Å². The van der Waals surface area contributed by atoms with Crippen LogP contribution in [0.2, 0.25) is 5.02 Å². The minimum absolute atomic E-state index is 0.101. The number of nitrogens with zero attached hydrogens (tertiary/aromatic N) is 4. The van der Waals surface area contributed by atoms with Crippen molar-refractivity contribution in [3.63, 3.8) is 0 Å². The zero-order valence-electron chi connectivity index (χ0n) is 16.4. The summed E-state index contributed by atoms with van der Waals surface area (Å²) in [6.45, 7) is 4.28. The zero-order valence-corrected chi connectivity index (χ0v) is 17.1. The van der Waals surface area contributed by atoms with Gasteiger partial charge < -0.3 is 14.5 Å². The van der Waals surface area contributed by atoms with Crippen LogP contribution in [0, 0.1) is 12.7 Å². The van der Waals surface area contributed by atoms with Crippen molar-refractivity contribution < 1.29 is 13.9 Å². The van der Waals surface area contributed by atoms with Crippen LogP contribution in [0.25, 0.3) is 0 Å². The lowest BCUT2D eigenvalue weighted by atomic mass is 10.2. The number of aromatic nitrogens is 2. The summed E-state index contributed by atoms with van der Waals surface area (Å²) in [5, 5.41) is 0.508. The molecule has 0 unspecified atom stereocenters. The van der Waals surface area contributed by atoms with E-state index in [1.165, 1.54) is 30.6 Å². The van der Waals surface area contributed by atoms with Crippen molar-refractivity contribution in [3.05, 3.63) is 76.8 Å². The minimum Gasteiger partial charge on any atom is -0.437 e. The van der Waals surface area contributed by atoms with Gasteiger partial charge in [-0.05, 0) is 48.9 Å². The van der Waals surface area contributed by atoms with E-state index in [4.69, 9.17) is 16.3 Å². The molecule has 0 radical (unpaired) electrons.